The van der Waals surface area contributed by atoms with E-state index in [2.05, 4.69) is 11.8 Å². The molecule has 0 aliphatic rings. The Morgan fingerprint density at radius 2 is 2.17 bits per heavy atom. The lowest BCUT2D eigenvalue weighted by atomic mass is 10.2. The van der Waals surface area contributed by atoms with E-state index in [-0.39, 0.29) is 0 Å². The molecule has 12 heavy (non-hydrogen) atoms. The summed E-state index contributed by atoms with van der Waals surface area (Å²) in [7, 11) is 0. The first-order valence-electron chi connectivity index (χ1n) is 3.19. The lowest BCUT2D eigenvalue weighted by molar-refractivity contribution is 0.627. The molecule has 1 rings (SSSR count). The quantitative estimate of drug-likeness (QED) is 0.459. The molecule has 0 aliphatic carbocycles. The average molecular weight is 160 g/mol. The highest BCUT2D eigenvalue weighted by Gasteiger charge is 1.96. The van der Waals surface area contributed by atoms with Crippen LogP contribution in [0.15, 0.2) is 18.2 Å². The van der Waals surface area contributed by atoms with Gasteiger partial charge in [-0.2, -0.15) is 5.26 Å². The van der Waals surface area contributed by atoms with Crippen LogP contribution >= 0.6 is 0 Å². The fraction of sp³-hybridized carbons (Fsp3) is 0. The summed E-state index contributed by atoms with van der Waals surface area (Å²) in [5, 5.41) is 8.13. The van der Waals surface area contributed by atoms with Crippen molar-refractivity contribution in [2.24, 2.45) is 0 Å². The molecule has 0 saturated carbocycles. The number of nitrogen functional groups attached to an aromatic ring is 1. The molecular formula is C9H5FN2. The van der Waals surface area contributed by atoms with Gasteiger partial charge in [0.2, 0.25) is 0 Å². The molecule has 0 aliphatic heterocycles. The lowest BCUT2D eigenvalue weighted by Gasteiger charge is -1.95. The second-order valence-corrected chi connectivity index (χ2v) is 2.09. The maximum Gasteiger partial charge on any atom is 0.152 e. The van der Waals surface area contributed by atoms with Gasteiger partial charge >= 0.3 is 0 Å². The summed E-state index contributed by atoms with van der Waals surface area (Å²) in [5.41, 5.74) is 6.17. The molecule has 2 N–H and O–H groups in total. The summed E-state index contributed by atoms with van der Waals surface area (Å²) in [6, 6.07) is 5.47. The molecule has 0 unspecified atom stereocenters. The van der Waals surface area contributed by atoms with Crippen molar-refractivity contribution in [3.8, 4) is 17.9 Å². The van der Waals surface area contributed by atoms with Gasteiger partial charge in [0, 0.05) is 11.6 Å². The minimum Gasteiger partial charge on any atom is -0.398 e. The molecule has 1 aromatic carbocycles. The van der Waals surface area contributed by atoms with Gasteiger partial charge < -0.3 is 5.73 Å². The van der Waals surface area contributed by atoms with Gasteiger partial charge in [-0.25, -0.2) is 4.39 Å². The van der Waals surface area contributed by atoms with E-state index >= 15 is 0 Å². The third-order valence-electron chi connectivity index (χ3n) is 1.27. The Morgan fingerprint density at radius 1 is 1.42 bits per heavy atom. The van der Waals surface area contributed by atoms with E-state index in [1.54, 1.807) is 6.07 Å². The van der Waals surface area contributed by atoms with Crippen LogP contribution in [0, 0.1) is 29.0 Å². The molecule has 1 aromatic rings. The van der Waals surface area contributed by atoms with Crippen LogP contribution in [0.5, 0.6) is 0 Å². The van der Waals surface area contributed by atoms with Crippen molar-refractivity contribution in [2.75, 3.05) is 5.73 Å². The number of benzene rings is 1. The molecule has 0 amide bonds. The Bertz CT molecular complexity index is 393. The Hall–Kier alpha value is -2.00. The number of hydrogen-bond acceptors (Lipinski definition) is 2. The summed E-state index contributed by atoms with van der Waals surface area (Å²) in [5.74, 6) is 4.16. The SMILES string of the molecule is N#CC#Cc1cc(F)ccc1N. The topological polar surface area (TPSA) is 49.8 Å². The molecule has 0 heterocycles. The highest BCUT2D eigenvalue weighted by Crippen LogP contribution is 2.11. The molecule has 58 valence electrons. The van der Waals surface area contributed by atoms with E-state index in [0.717, 1.165) is 0 Å². The summed E-state index contributed by atoms with van der Waals surface area (Å²) in [6.45, 7) is 0. The van der Waals surface area contributed by atoms with Crippen LogP contribution in [-0.2, 0) is 0 Å². The van der Waals surface area contributed by atoms with Crippen molar-refractivity contribution in [3.05, 3.63) is 29.6 Å². The first-order valence-corrected chi connectivity index (χ1v) is 3.19. The van der Waals surface area contributed by atoms with Gasteiger partial charge in [-0.1, -0.05) is 0 Å². The van der Waals surface area contributed by atoms with Crippen LogP contribution in [0.4, 0.5) is 10.1 Å². The molecule has 0 saturated heterocycles. The summed E-state index contributed by atoms with van der Waals surface area (Å²) in [6.07, 6.45) is 0. The summed E-state index contributed by atoms with van der Waals surface area (Å²) in [4.78, 5) is 0. The lowest BCUT2D eigenvalue weighted by Crippen LogP contribution is -1.90. The molecular weight excluding hydrogens is 155 g/mol. The molecule has 0 spiro atoms. The molecule has 0 radical (unpaired) electrons. The fourth-order valence-corrected chi connectivity index (χ4v) is 0.732. The maximum absolute atomic E-state index is 12.6. The highest BCUT2D eigenvalue weighted by atomic mass is 19.1. The van der Waals surface area contributed by atoms with Crippen LogP contribution in [0.1, 0.15) is 5.56 Å². The number of anilines is 1. The van der Waals surface area contributed by atoms with Crippen molar-refractivity contribution < 1.29 is 4.39 Å². The first kappa shape index (κ1) is 8.10. The Kier molecular flexibility index (Phi) is 2.30. The number of hydrogen-bond donors (Lipinski definition) is 1. The van der Waals surface area contributed by atoms with E-state index in [4.69, 9.17) is 11.0 Å². The van der Waals surface area contributed by atoms with Crippen LogP contribution in [0.3, 0.4) is 0 Å². The minimum atomic E-state index is -0.411. The van der Waals surface area contributed by atoms with Crippen molar-refractivity contribution in [1.82, 2.24) is 0 Å². The Morgan fingerprint density at radius 3 is 2.83 bits per heavy atom. The van der Waals surface area contributed by atoms with E-state index in [1.807, 2.05) is 0 Å². The van der Waals surface area contributed by atoms with E-state index < -0.39 is 5.82 Å². The predicted octanol–water partition coefficient (Wildman–Crippen LogP) is 1.28. The van der Waals surface area contributed by atoms with Gasteiger partial charge in [0.05, 0.1) is 5.56 Å². The van der Waals surface area contributed by atoms with Crippen molar-refractivity contribution in [3.63, 3.8) is 0 Å². The van der Waals surface area contributed by atoms with Crippen LogP contribution in [0.25, 0.3) is 0 Å². The number of nitrogens with zero attached hydrogens (tertiary/aromatic N) is 1. The second kappa shape index (κ2) is 3.41. The largest absolute Gasteiger partial charge is 0.398 e. The molecule has 0 fully saturated rings. The third-order valence-corrected chi connectivity index (χ3v) is 1.27. The van der Waals surface area contributed by atoms with Crippen LogP contribution in [0.2, 0.25) is 0 Å². The van der Waals surface area contributed by atoms with Gasteiger partial charge in [-0.15, -0.1) is 0 Å². The monoisotopic (exact) mass is 160 g/mol. The number of halogens is 1. The van der Waals surface area contributed by atoms with E-state index in [9.17, 15) is 4.39 Å². The van der Waals surface area contributed by atoms with E-state index in [1.165, 1.54) is 18.2 Å². The van der Waals surface area contributed by atoms with Gasteiger partial charge in [-0.05, 0) is 24.1 Å². The normalized spacial score (nSPS) is 8.00. The number of nitrogens with two attached hydrogens (primary N) is 1. The maximum atomic E-state index is 12.6. The highest BCUT2D eigenvalue weighted by molar-refractivity contribution is 5.56. The van der Waals surface area contributed by atoms with E-state index in [0.29, 0.717) is 11.3 Å². The average Bonchev–Trinajstić information content (AvgIpc) is 2.07. The number of nitriles is 1. The van der Waals surface area contributed by atoms with Crippen LogP contribution < -0.4 is 5.73 Å². The van der Waals surface area contributed by atoms with Gasteiger partial charge in [0.25, 0.3) is 0 Å². The van der Waals surface area contributed by atoms with Gasteiger partial charge in [-0.3, -0.25) is 0 Å². The zero-order valence-electron chi connectivity index (χ0n) is 6.13. The zero-order valence-corrected chi connectivity index (χ0v) is 6.13. The zero-order chi connectivity index (χ0) is 8.97. The second-order valence-electron chi connectivity index (χ2n) is 2.09. The minimum absolute atomic E-state index is 0.344. The molecule has 3 heteroatoms. The fourth-order valence-electron chi connectivity index (χ4n) is 0.732. The van der Waals surface area contributed by atoms with Crippen LogP contribution in [-0.4, -0.2) is 0 Å². The Labute approximate surface area is 69.4 Å². The first-order chi connectivity index (χ1) is 5.74. The smallest absolute Gasteiger partial charge is 0.152 e. The van der Waals surface area contributed by atoms with Crippen molar-refractivity contribution >= 4 is 5.69 Å². The Balaban J connectivity index is 3.16. The summed E-state index contributed by atoms with van der Waals surface area (Å²) >= 11 is 0. The predicted molar refractivity (Wildman–Crippen MR) is 43.3 cm³/mol. The molecule has 2 nitrogen and oxygen atoms in total. The standard InChI is InChI=1S/C9H5FN2/c10-8-3-4-9(12)7(6-8)2-1-5-11/h3-4,6H,12H2. The van der Waals surface area contributed by atoms with Gasteiger partial charge in [0.1, 0.15) is 5.82 Å². The van der Waals surface area contributed by atoms with Crippen molar-refractivity contribution in [1.29, 1.82) is 5.26 Å². The summed E-state index contributed by atoms with van der Waals surface area (Å²) < 4.78 is 12.6. The molecule has 0 bridgehead atoms. The molecule has 0 aromatic heterocycles. The van der Waals surface area contributed by atoms with Crippen molar-refractivity contribution in [2.45, 2.75) is 0 Å². The number of rotatable bonds is 0. The molecule has 0 atom stereocenters. The van der Waals surface area contributed by atoms with Gasteiger partial charge in [0.15, 0.2) is 6.07 Å². The third kappa shape index (κ3) is 1.74.